The second-order valence-corrected chi connectivity index (χ2v) is 6.55. The van der Waals surface area contributed by atoms with Crippen LogP contribution in [0, 0.1) is 0 Å². The van der Waals surface area contributed by atoms with Crippen molar-refractivity contribution in [3.05, 3.63) is 65.7 Å². The molecule has 2 aromatic rings. The molecule has 0 fully saturated rings. The number of hydrogen-bond acceptors (Lipinski definition) is 3. The third-order valence-electron chi connectivity index (χ3n) is 3.97. The number of aryl methyl sites for hydroxylation is 1. The maximum absolute atomic E-state index is 12.3. The Hall–Kier alpha value is -2.73. The predicted molar refractivity (Wildman–Crippen MR) is 113 cm³/mol. The van der Waals surface area contributed by atoms with Crippen molar-refractivity contribution in [2.24, 2.45) is 0 Å². The Morgan fingerprint density at radius 2 is 1.70 bits per heavy atom. The highest BCUT2D eigenvalue weighted by Crippen LogP contribution is 2.15. The minimum absolute atomic E-state index is 0.162. The number of para-hydroxylation sites is 1. The van der Waals surface area contributed by atoms with Crippen LogP contribution in [0.2, 0.25) is 0 Å². The zero-order chi connectivity index (χ0) is 19.5. The molecule has 0 saturated heterocycles. The largest absolute Gasteiger partial charge is 0.352 e. The van der Waals surface area contributed by atoms with E-state index in [2.05, 4.69) is 22.9 Å². The summed E-state index contributed by atoms with van der Waals surface area (Å²) in [6.45, 7) is 2.70. The molecule has 5 nitrogen and oxygen atoms in total. The molecule has 0 bridgehead atoms. The molecule has 0 radical (unpaired) electrons. The van der Waals surface area contributed by atoms with Crippen molar-refractivity contribution in [2.75, 3.05) is 11.9 Å². The number of carbonyl (C=O) groups is 2. The number of unbranched alkanes of at least 4 members (excludes halogenated alkanes) is 1. The second kappa shape index (κ2) is 11.1. The van der Waals surface area contributed by atoms with Crippen LogP contribution in [0.1, 0.15) is 42.1 Å². The topological polar surface area (TPSA) is 70.2 Å². The van der Waals surface area contributed by atoms with Gasteiger partial charge in [-0.3, -0.25) is 9.59 Å². The number of thiocarbonyl (C=S) groups is 1. The van der Waals surface area contributed by atoms with Gasteiger partial charge < -0.3 is 16.0 Å². The lowest BCUT2D eigenvalue weighted by Gasteiger charge is -2.13. The molecule has 0 aliphatic heterocycles. The van der Waals surface area contributed by atoms with E-state index >= 15 is 0 Å². The van der Waals surface area contributed by atoms with Gasteiger partial charge in [0.2, 0.25) is 5.91 Å². The Morgan fingerprint density at radius 1 is 1.00 bits per heavy atom. The normalized spacial score (nSPS) is 10.1. The van der Waals surface area contributed by atoms with E-state index in [0.29, 0.717) is 30.6 Å². The summed E-state index contributed by atoms with van der Waals surface area (Å²) in [5.41, 5.74) is 2.16. The molecule has 2 aromatic carbocycles. The van der Waals surface area contributed by atoms with Crippen molar-refractivity contribution in [1.29, 1.82) is 0 Å². The summed E-state index contributed by atoms with van der Waals surface area (Å²) in [6, 6.07) is 16.9. The summed E-state index contributed by atoms with van der Waals surface area (Å²) in [7, 11) is 0. The summed E-state index contributed by atoms with van der Waals surface area (Å²) in [4.78, 5) is 24.4. The van der Waals surface area contributed by atoms with E-state index in [1.54, 1.807) is 18.2 Å². The predicted octanol–water partition coefficient (Wildman–Crippen LogP) is 3.66. The smallest absolute Gasteiger partial charge is 0.253 e. The van der Waals surface area contributed by atoms with E-state index in [-0.39, 0.29) is 16.9 Å². The molecule has 3 N–H and O–H groups in total. The fraction of sp³-hybridized carbons (Fsp3) is 0.286. The standard InChI is InChI=1S/C21H25N3O2S/c1-2-3-15-22-20(26)17-11-7-8-12-18(17)23-21(27)24-19(25)14-13-16-9-5-4-6-10-16/h4-12H,2-3,13-15H2,1H3,(H,22,26)(H2,23,24,25,27). The van der Waals surface area contributed by atoms with Gasteiger partial charge in [0.15, 0.2) is 5.11 Å². The van der Waals surface area contributed by atoms with Gasteiger partial charge in [0.1, 0.15) is 0 Å². The Balaban J connectivity index is 1.87. The number of rotatable bonds is 8. The summed E-state index contributed by atoms with van der Waals surface area (Å²) in [5, 5.41) is 8.68. The van der Waals surface area contributed by atoms with Crippen molar-refractivity contribution in [3.63, 3.8) is 0 Å². The number of anilines is 1. The molecule has 2 amide bonds. The molecule has 0 aliphatic carbocycles. The SMILES string of the molecule is CCCCNC(=O)c1ccccc1NC(=S)NC(=O)CCc1ccccc1. The third kappa shape index (κ3) is 7.19. The zero-order valence-electron chi connectivity index (χ0n) is 15.5. The van der Waals surface area contributed by atoms with Gasteiger partial charge in [-0.25, -0.2) is 0 Å². The van der Waals surface area contributed by atoms with Crippen LogP contribution in [0.4, 0.5) is 5.69 Å². The van der Waals surface area contributed by atoms with Gasteiger partial charge in [-0.05, 0) is 42.8 Å². The number of carbonyl (C=O) groups excluding carboxylic acids is 2. The maximum Gasteiger partial charge on any atom is 0.253 e. The van der Waals surface area contributed by atoms with Gasteiger partial charge in [-0.1, -0.05) is 55.8 Å². The summed E-state index contributed by atoms with van der Waals surface area (Å²) < 4.78 is 0. The number of benzene rings is 2. The summed E-state index contributed by atoms with van der Waals surface area (Å²) in [5.74, 6) is -0.328. The highest BCUT2D eigenvalue weighted by atomic mass is 32.1. The third-order valence-corrected chi connectivity index (χ3v) is 4.18. The summed E-state index contributed by atoms with van der Waals surface area (Å²) in [6.07, 6.45) is 2.92. The first kappa shape index (κ1) is 20.6. The van der Waals surface area contributed by atoms with Crippen molar-refractivity contribution in [1.82, 2.24) is 10.6 Å². The lowest BCUT2D eigenvalue weighted by molar-refractivity contribution is -0.119. The van der Waals surface area contributed by atoms with Crippen LogP contribution in [0.3, 0.4) is 0 Å². The van der Waals surface area contributed by atoms with Crippen LogP contribution in [0.25, 0.3) is 0 Å². The van der Waals surface area contributed by atoms with E-state index in [1.807, 2.05) is 36.4 Å². The molecular weight excluding hydrogens is 358 g/mol. The van der Waals surface area contributed by atoms with E-state index in [1.165, 1.54) is 0 Å². The molecule has 0 atom stereocenters. The van der Waals surface area contributed by atoms with Crippen molar-refractivity contribution in [3.8, 4) is 0 Å². The van der Waals surface area contributed by atoms with Gasteiger partial charge >= 0.3 is 0 Å². The van der Waals surface area contributed by atoms with Crippen molar-refractivity contribution >= 4 is 34.8 Å². The van der Waals surface area contributed by atoms with Gasteiger partial charge in [0.25, 0.3) is 5.91 Å². The van der Waals surface area contributed by atoms with E-state index in [4.69, 9.17) is 12.2 Å². The molecule has 2 rings (SSSR count). The lowest BCUT2D eigenvalue weighted by atomic mass is 10.1. The molecular formula is C21H25N3O2S. The Kier molecular flexibility index (Phi) is 8.45. The first-order valence-electron chi connectivity index (χ1n) is 9.12. The van der Waals surface area contributed by atoms with Crippen LogP contribution in [-0.4, -0.2) is 23.5 Å². The quantitative estimate of drug-likeness (QED) is 0.481. The fourth-order valence-corrected chi connectivity index (χ4v) is 2.73. The highest BCUT2D eigenvalue weighted by molar-refractivity contribution is 7.80. The van der Waals surface area contributed by atoms with E-state index in [9.17, 15) is 9.59 Å². The van der Waals surface area contributed by atoms with Crippen molar-refractivity contribution < 1.29 is 9.59 Å². The van der Waals surface area contributed by atoms with Gasteiger partial charge in [0.05, 0.1) is 11.3 Å². The Bertz CT molecular complexity index is 778. The minimum atomic E-state index is -0.166. The lowest BCUT2D eigenvalue weighted by Crippen LogP contribution is -2.35. The first-order chi connectivity index (χ1) is 13.1. The molecule has 27 heavy (non-hydrogen) atoms. The highest BCUT2D eigenvalue weighted by Gasteiger charge is 2.12. The molecule has 6 heteroatoms. The van der Waals surface area contributed by atoms with Crippen LogP contribution in [-0.2, 0) is 11.2 Å². The Morgan fingerprint density at radius 3 is 2.44 bits per heavy atom. The van der Waals surface area contributed by atoms with Crippen LogP contribution < -0.4 is 16.0 Å². The molecule has 0 aliphatic rings. The van der Waals surface area contributed by atoms with E-state index in [0.717, 1.165) is 18.4 Å². The molecule has 0 heterocycles. The monoisotopic (exact) mass is 383 g/mol. The summed E-state index contributed by atoms with van der Waals surface area (Å²) >= 11 is 5.22. The minimum Gasteiger partial charge on any atom is -0.352 e. The number of nitrogens with one attached hydrogen (secondary N) is 3. The molecule has 0 aromatic heterocycles. The molecule has 0 spiro atoms. The fourth-order valence-electron chi connectivity index (χ4n) is 2.51. The zero-order valence-corrected chi connectivity index (χ0v) is 16.3. The molecule has 0 unspecified atom stereocenters. The van der Waals surface area contributed by atoms with Crippen LogP contribution >= 0.6 is 12.2 Å². The average molecular weight is 384 g/mol. The van der Waals surface area contributed by atoms with Gasteiger partial charge in [-0.15, -0.1) is 0 Å². The van der Waals surface area contributed by atoms with Crippen molar-refractivity contribution in [2.45, 2.75) is 32.6 Å². The van der Waals surface area contributed by atoms with Gasteiger partial charge in [0, 0.05) is 13.0 Å². The second-order valence-electron chi connectivity index (χ2n) is 6.14. The van der Waals surface area contributed by atoms with Crippen LogP contribution in [0.15, 0.2) is 54.6 Å². The molecule has 142 valence electrons. The number of amides is 2. The maximum atomic E-state index is 12.3. The Labute approximate surface area is 165 Å². The van der Waals surface area contributed by atoms with E-state index < -0.39 is 0 Å². The van der Waals surface area contributed by atoms with Gasteiger partial charge in [-0.2, -0.15) is 0 Å². The first-order valence-corrected chi connectivity index (χ1v) is 9.53. The van der Waals surface area contributed by atoms with Crippen LogP contribution in [0.5, 0.6) is 0 Å². The number of hydrogen-bond donors (Lipinski definition) is 3. The average Bonchev–Trinajstić information content (AvgIpc) is 2.67. The molecule has 0 saturated carbocycles.